The van der Waals surface area contributed by atoms with E-state index < -0.39 is 5.82 Å². The zero-order chi connectivity index (χ0) is 22.2. The molecule has 32 heavy (non-hydrogen) atoms. The number of nitrogens with zero attached hydrogens (tertiary/aromatic N) is 4. The maximum atomic E-state index is 13.6. The largest absolute Gasteiger partial charge is 0.393 e. The molecule has 2 aromatic heterocycles. The van der Waals surface area contributed by atoms with Crippen LogP contribution in [-0.2, 0) is 0 Å². The minimum Gasteiger partial charge on any atom is -0.393 e. The van der Waals surface area contributed by atoms with Gasteiger partial charge in [-0.25, -0.2) is 9.07 Å². The third-order valence-electron chi connectivity index (χ3n) is 5.71. The first-order chi connectivity index (χ1) is 15.5. The molecule has 0 radical (unpaired) electrons. The summed E-state index contributed by atoms with van der Waals surface area (Å²) in [6, 6.07) is 12.7. The van der Waals surface area contributed by atoms with Gasteiger partial charge in [-0.2, -0.15) is 0 Å². The molecular weight excluding hydrogens is 413 g/mol. The number of aromatic amines is 1. The van der Waals surface area contributed by atoms with Gasteiger partial charge in [-0.3, -0.25) is 9.59 Å². The number of halogens is 1. The fourth-order valence-electron chi connectivity index (χ4n) is 3.89. The first-order valence-electron chi connectivity index (χ1n) is 10.3. The minimum atomic E-state index is -0.394. The number of nitrogens with one attached hydrogen (secondary N) is 1. The molecule has 162 valence electrons. The second kappa shape index (κ2) is 8.01. The van der Waals surface area contributed by atoms with Crippen LogP contribution in [0.25, 0.3) is 27.8 Å². The highest BCUT2D eigenvalue weighted by molar-refractivity contribution is 5.94. The van der Waals surface area contributed by atoms with Gasteiger partial charge in [-0.15, -0.1) is 5.10 Å². The zero-order valence-corrected chi connectivity index (χ0v) is 17.0. The van der Waals surface area contributed by atoms with E-state index in [0.717, 1.165) is 0 Å². The van der Waals surface area contributed by atoms with Crippen LogP contribution < -0.4 is 5.56 Å². The van der Waals surface area contributed by atoms with Crippen molar-refractivity contribution in [3.63, 3.8) is 0 Å². The van der Waals surface area contributed by atoms with Gasteiger partial charge in [-0.1, -0.05) is 5.21 Å². The third kappa shape index (κ3) is 3.78. The van der Waals surface area contributed by atoms with Crippen LogP contribution in [-0.4, -0.2) is 55.1 Å². The standard InChI is InChI=1S/C23H20FN5O3/c24-16-3-6-20-15(11-16)12-19(22(31)25-20)21-13-29(27-26-21)17-4-1-14(2-5-17)23(32)28-9-7-18(30)8-10-28/h1-6,11-13,18,30H,7-10H2,(H,25,31). The van der Waals surface area contributed by atoms with Crippen LogP contribution in [0.2, 0.25) is 0 Å². The predicted octanol–water partition coefficient (Wildman–Crippen LogP) is 2.51. The molecule has 0 unspecified atom stereocenters. The maximum Gasteiger partial charge on any atom is 0.258 e. The molecule has 5 rings (SSSR count). The number of H-pyrrole nitrogens is 1. The number of amides is 1. The Kier molecular flexibility index (Phi) is 5.02. The first-order valence-corrected chi connectivity index (χ1v) is 10.3. The van der Waals surface area contributed by atoms with Crippen LogP contribution in [0.15, 0.2) is 59.5 Å². The van der Waals surface area contributed by atoms with E-state index in [1.54, 1.807) is 41.4 Å². The van der Waals surface area contributed by atoms with Gasteiger partial charge in [-0.05, 0) is 61.4 Å². The Morgan fingerprint density at radius 1 is 1.09 bits per heavy atom. The second-order valence-electron chi connectivity index (χ2n) is 7.86. The van der Waals surface area contributed by atoms with Crippen molar-refractivity contribution >= 4 is 16.8 Å². The number of hydrogen-bond donors (Lipinski definition) is 2. The summed E-state index contributed by atoms with van der Waals surface area (Å²) in [7, 11) is 0. The van der Waals surface area contributed by atoms with Crippen molar-refractivity contribution in [2.24, 2.45) is 0 Å². The number of aliphatic hydroxyl groups excluding tert-OH is 1. The molecule has 4 aromatic rings. The Balaban J connectivity index is 1.39. The van der Waals surface area contributed by atoms with E-state index in [-0.39, 0.29) is 23.1 Å². The Bertz CT molecular complexity index is 1350. The molecule has 3 heterocycles. The molecule has 1 saturated heterocycles. The molecule has 0 aliphatic carbocycles. The maximum absolute atomic E-state index is 13.6. The van der Waals surface area contributed by atoms with Crippen LogP contribution in [0, 0.1) is 5.82 Å². The average molecular weight is 433 g/mol. The molecule has 0 bridgehead atoms. The number of likely N-dealkylation sites (tertiary alicyclic amines) is 1. The van der Waals surface area contributed by atoms with E-state index >= 15 is 0 Å². The van der Waals surface area contributed by atoms with Gasteiger partial charge in [0.05, 0.1) is 23.6 Å². The SMILES string of the molecule is O=C(c1ccc(-n2cc(-c3cc4cc(F)ccc4[nH]c3=O)nn2)cc1)N1CCC(O)CC1. The number of hydrogen-bond acceptors (Lipinski definition) is 5. The van der Waals surface area contributed by atoms with Crippen LogP contribution in [0.1, 0.15) is 23.2 Å². The van der Waals surface area contributed by atoms with Gasteiger partial charge in [0.25, 0.3) is 11.5 Å². The highest BCUT2D eigenvalue weighted by Crippen LogP contribution is 2.20. The fraction of sp³-hybridized carbons (Fsp3) is 0.217. The Morgan fingerprint density at radius 3 is 2.59 bits per heavy atom. The summed E-state index contributed by atoms with van der Waals surface area (Å²) in [5.41, 5.74) is 2.06. The van der Waals surface area contributed by atoms with Crippen molar-refractivity contribution in [3.05, 3.63) is 76.5 Å². The van der Waals surface area contributed by atoms with Crippen molar-refractivity contribution in [3.8, 4) is 16.9 Å². The van der Waals surface area contributed by atoms with Crippen LogP contribution in [0.5, 0.6) is 0 Å². The number of aliphatic hydroxyl groups is 1. The Hall–Kier alpha value is -3.85. The number of aromatic nitrogens is 4. The number of fused-ring (bicyclic) bond motifs is 1. The molecule has 1 aliphatic rings. The molecule has 0 spiro atoms. The van der Waals surface area contributed by atoms with E-state index in [9.17, 15) is 19.1 Å². The molecule has 2 aromatic carbocycles. The van der Waals surface area contributed by atoms with E-state index in [2.05, 4.69) is 15.3 Å². The van der Waals surface area contributed by atoms with Gasteiger partial charge < -0.3 is 15.0 Å². The monoisotopic (exact) mass is 433 g/mol. The highest BCUT2D eigenvalue weighted by atomic mass is 19.1. The third-order valence-corrected chi connectivity index (χ3v) is 5.71. The molecule has 0 atom stereocenters. The molecule has 1 amide bonds. The molecule has 8 nitrogen and oxygen atoms in total. The summed E-state index contributed by atoms with van der Waals surface area (Å²) in [4.78, 5) is 29.6. The van der Waals surface area contributed by atoms with E-state index in [0.29, 0.717) is 53.8 Å². The topological polar surface area (TPSA) is 104 Å². The van der Waals surface area contributed by atoms with Gasteiger partial charge in [0.1, 0.15) is 11.5 Å². The van der Waals surface area contributed by atoms with Crippen molar-refractivity contribution < 1.29 is 14.3 Å². The summed E-state index contributed by atoms with van der Waals surface area (Å²) < 4.78 is 15.1. The number of carbonyl (C=O) groups excluding carboxylic acids is 1. The van der Waals surface area contributed by atoms with Crippen molar-refractivity contribution in [2.75, 3.05) is 13.1 Å². The molecular formula is C23H20FN5O3. The Morgan fingerprint density at radius 2 is 1.84 bits per heavy atom. The normalized spacial score (nSPS) is 14.8. The van der Waals surface area contributed by atoms with Crippen molar-refractivity contribution in [2.45, 2.75) is 18.9 Å². The minimum absolute atomic E-state index is 0.0716. The van der Waals surface area contributed by atoms with Crippen LogP contribution >= 0.6 is 0 Å². The number of carbonyl (C=O) groups is 1. The van der Waals surface area contributed by atoms with Crippen molar-refractivity contribution in [1.29, 1.82) is 0 Å². The Labute approximate surface area is 181 Å². The quantitative estimate of drug-likeness (QED) is 0.517. The molecule has 0 saturated carbocycles. The van der Waals surface area contributed by atoms with Crippen molar-refractivity contribution in [1.82, 2.24) is 24.9 Å². The summed E-state index contributed by atoms with van der Waals surface area (Å²) in [6.45, 7) is 1.08. The number of pyridine rings is 1. The average Bonchev–Trinajstić information content (AvgIpc) is 3.29. The van der Waals surface area contributed by atoms with Gasteiger partial charge >= 0.3 is 0 Å². The molecule has 9 heteroatoms. The summed E-state index contributed by atoms with van der Waals surface area (Å²) in [5, 5.41) is 18.4. The van der Waals surface area contributed by atoms with E-state index in [1.807, 2.05) is 0 Å². The van der Waals surface area contributed by atoms with Crippen LogP contribution in [0.4, 0.5) is 4.39 Å². The fourth-order valence-corrected chi connectivity index (χ4v) is 3.89. The lowest BCUT2D eigenvalue weighted by Gasteiger charge is -2.29. The predicted molar refractivity (Wildman–Crippen MR) is 116 cm³/mol. The summed E-state index contributed by atoms with van der Waals surface area (Å²) >= 11 is 0. The highest BCUT2D eigenvalue weighted by Gasteiger charge is 2.22. The smallest absolute Gasteiger partial charge is 0.258 e. The molecule has 1 fully saturated rings. The van der Waals surface area contributed by atoms with Gasteiger partial charge in [0.15, 0.2) is 0 Å². The number of benzene rings is 2. The first kappa shape index (κ1) is 20.1. The lowest BCUT2D eigenvalue weighted by Crippen LogP contribution is -2.40. The number of rotatable bonds is 3. The van der Waals surface area contributed by atoms with E-state index in [1.165, 1.54) is 22.9 Å². The van der Waals surface area contributed by atoms with E-state index in [4.69, 9.17) is 0 Å². The zero-order valence-electron chi connectivity index (χ0n) is 17.0. The van der Waals surface area contributed by atoms with Crippen LogP contribution in [0.3, 0.4) is 0 Å². The molecule has 2 N–H and O–H groups in total. The summed E-state index contributed by atoms with van der Waals surface area (Å²) in [5.74, 6) is -0.466. The lowest BCUT2D eigenvalue weighted by atomic mass is 10.1. The van der Waals surface area contributed by atoms with Gasteiger partial charge in [0, 0.05) is 29.6 Å². The lowest BCUT2D eigenvalue weighted by molar-refractivity contribution is 0.0546. The molecule has 1 aliphatic heterocycles. The number of piperidine rings is 1. The van der Waals surface area contributed by atoms with Gasteiger partial charge in [0.2, 0.25) is 0 Å². The summed E-state index contributed by atoms with van der Waals surface area (Å²) in [6.07, 6.45) is 2.45. The second-order valence-corrected chi connectivity index (χ2v) is 7.86.